The fourth-order valence-electron chi connectivity index (χ4n) is 1.38. The molecule has 0 aromatic heterocycles. The fourth-order valence-corrected chi connectivity index (χ4v) is 1.38. The molecule has 1 aliphatic rings. The van der Waals surface area contributed by atoms with Gasteiger partial charge in [-0.3, -0.25) is 4.99 Å². The van der Waals surface area contributed by atoms with Crippen molar-refractivity contribution in [1.82, 2.24) is 4.90 Å². The van der Waals surface area contributed by atoms with Crippen LogP contribution in [0.3, 0.4) is 0 Å². The third-order valence-electron chi connectivity index (χ3n) is 2.15. The Morgan fingerprint density at radius 1 is 1.50 bits per heavy atom. The van der Waals surface area contributed by atoms with Gasteiger partial charge in [-0.05, 0) is 26.2 Å². The Bertz CT molecular complexity index is 171. The molecule has 0 N–H and O–H groups in total. The molecule has 1 aliphatic heterocycles. The Morgan fingerprint density at radius 2 is 2.17 bits per heavy atom. The van der Waals surface area contributed by atoms with Crippen LogP contribution in [0.2, 0.25) is 0 Å². The molecular formula is C10H20N2. The minimum Gasteiger partial charge on any atom is -0.361 e. The summed E-state index contributed by atoms with van der Waals surface area (Å²) in [5.41, 5.74) is 0.150. The van der Waals surface area contributed by atoms with Crippen LogP contribution in [0.4, 0.5) is 0 Å². The summed E-state index contributed by atoms with van der Waals surface area (Å²) in [6.45, 7) is 11.1. The van der Waals surface area contributed by atoms with Crippen LogP contribution >= 0.6 is 0 Å². The van der Waals surface area contributed by atoms with Crippen LogP contribution in [0.5, 0.6) is 0 Å². The molecule has 0 spiro atoms. The monoisotopic (exact) mass is 168 g/mol. The van der Waals surface area contributed by atoms with E-state index in [1.165, 1.54) is 6.42 Å². The van der Waals surface area contributed by atoms with Crippen molar-refractivity contribution in [3.8, 4) is 0 Å². The molecule has 0 aromatic rings. The number of nitrogens with zero attached hydrogens (tertiary/aromatic N) is 2. The zero-order valence-corrected chi connectivity index (χ0v) is 8.67. The SMILES string of the molecule is CC(C)CCN1C=NC(C)(C)C1. The topological polar surface area (TPSA) is 15.6 Å². The van der Waals surface area contributed by atoms with Gasteiger partial charge in [0.1, 0.15) is 0 Å². The Balaban J connectivity index is 2.26. The third-order valence-corrected chi connectivity index (χ3v) is 2.15. The molecule has 1 heterocycles. The first-order valence-corrected chi connectivity index (χ1v) is 4.79. The largest absolute Gasteiger partial charge is 0.361 e. The van der Waals surface area contributed by atoms with Gasteiger partial charge in [0.2, 0.25) is 0 Å². The molecule has 0 saturated carbocycles. The van der Waals surface area contributed by atoms with Crippen molar-refractivity contribution in [3.63, 3.8) is 0 Å². The highest BCUT2D eigenvalue weighted by Crippen LogP contribution is 2.16. The van der Waals surface area contributed by atoms with Crippen LogP contribution in [0.15, 0.2) is 4.99 Å². The molecule has 0 aliphatic carbocycles. The predicted molar refractivity (Wildman–Crippen MR) is 53.6 cm³/mol. The highest BCUT2D eigenvalue weighted by atomic mass is 15.2. The first-order chi connectivity index (χ1) is 5.49. The highest BCUT2D eigenvalue weighted by molar-refractivity contribution is 5.58. The quantitative estimate of drug-likeness (QED) is 0.630. The first kappa shape index (κ1) is 9.56. The maximum Gasteiger partial charge on any atom is 0.0858 e. The van der Waals surface area contributed by atoms with E-state index >= 15 is 0 Å². The number of aliphatic imine (C=N–C) groups is 1. The van der Waals surface area contributed by atoms with Crippen LogP contribution in [0.1, 0.15) is 34.1 Å². The van der Waals surface area contributed by atoms with Gasteiger partial charge < -0.3 is 4.90 Å². The van der Waals surface area contributed by atoms with Crippen molar-refractivity contribution in [2.24, 2.45) is 10.9 Å². The molecule has 70 valence electrons. The minimum absolute atomic E-state index is 0.150. The second-order valence-corrected chi connectivity index (χ2v) is 4.71. The van der Waals surface area contributed by atoms with E-state index in [1.54, 1.807) is 0 Å². The summed E-state index contributed by atoms with van der Waals surface area (Å²) < 4.78 is 0. The van der Waals surface area contributed by atoms with Crippen molar-refractivity contribution >= 4 is 6.34 Å². The summed E-state index contributed by atoms with van der Waals surface area (Å²) in [4.78, 5) is 6.75. The first-order valence-electron chi connectivity index (χ1n) is 4.79. The van der Waals surface area contributed by atoms with Gasteiger partial charge in [-0.2, -0.15) is 0 Å². The Morgan fingerprint density at radius 3 is 2.58 bits per heavy atom. The molecule has 0 amide bonds. The van der Waals surface area contributed by atoms with Crippen LogP contribution in [0.25, 0.3) is 0 Å². The molecule has 0 fully saturated rings. The zero-order valence-electron chi connectivity index (χ0n) is 8.67. The summed E-state index contributed by atoms with van der Waals surface area (Å²) in [6.07, 6.45) is 3.27. The third kappa shape index (κ3) is 2.84. The maximum atomic E-state index is 4.43. The summed E-state index contributed by atoms with van der Waals surface area (Å²) >= 11 is 0. The van der Waals surface area contributed by atoms with Gasteiger partial charge in [0.05, 0.1) is 11.9 Å². The number of hydrogen-bond donors (Lipinski definition) is 0. The summed E-state index contributed by atoms with van der Waals surface area (Å²) in [6, 6.07) is 0. The molecule has 1 rings (SSSR count). The van der Waals surface area contributed by atoms with E-state index in [1.807, 2.05) is 6.34 Å². The van der Waals surface area contributed by atoms with Gasteiger partial charge >= 0.3 is 0 Å². The Labute approximate surface area is 75.7 Å². The summed E-state index contributed by atoms with van der Waals surface area (Å²) in [5.74, 6) is 0.794. The standard InChI is InChI=1S/C10H20N2/c1-9(2)5-6-12-7-10(3,4)11-8-12/h8-9H,5-7H2,1-4H3. The van der Waals surface area contributed by atoms with E-state index in [-0.39, 0.29) is 5.54 Å². The molecule has 2 heteroatoms. The van der Waals surface area contributed by atoms with E-state index in [2.05, 4.69) is 37.6 Å². The van der Waals surface area contributed by atoms with Gasteiger partial charge in [0.25, 0.3) is 0 Å². The van der Waals surface area contributed by atoms with Crippen LogP contribution in [-0.2, 0) is 0 Å². The van der Waals surface area contributed by atoms with Crippen LogP contribution in [0, 0.1) is 5.92 Å². The molecule has 2 nitrogen and oxygen atoms in total. The normalized spacial score (nSPS) is 20.9. The van der Waals surface area contributed by atoms with Crippen LogP contribution in [-0.4, -0.2) is 29.9 Å². The highest BCUT2D eigenvalue weighted by Gasteiger charge is 2.23. The van der Waals surface area contributed by atoms with Gasteiger partial charge in [-0.1, -0.05) is 13.8 Å². The van der Waals surface area contributed by atoms with Gasteiger partial charge in [0, 0.05) is 13.1 Å². The fraction of sp³-hybridized carbons (Fsp3) is 0.900. The van der Waals surface area contributed by atoms with E-state index in [0.717, 1.165) is 19.0 Å². The molecule has 12 heavy (non-hydrogen) atoms. The van der Waals surface area contributed by atoms with Gasteiger partial charge in [-0.25, -0.2) is 0 Å². The predicted octanol–water partition coefficient (Wildman–Crippen LogP) is 2.16. The van der Waals surface area contributed by atoms with Crippen molar-refractivity contribution in [1.29, 1.82) is 0 Å². The lowest BCUT2D eigenvalue weighted by atomic mass is 10.1. The smallest absolute Gasteiger partial charge is 0.0858 e. The van der Waals surface area contributed by atoms with E-state index in [0.29, 0.717) is 0 Å². The van der Waals surface area contributed by atoms with Crippen LogP contribution < -0.4 is 0 Å². The molecule has 0 radical (unpaired) electrons. The Hall–Kier alpha value is -0.530. The lowest BCUT2D eigenvalue weighted by Crippen LogP contribution is -2.30. The minimum atomic E-state index is 0.150. The van der Waals surface area contributed by atoms with Crippen molar-refractivity contribution in [2.75, 3.05) is 13.1 Å². The van der Waals surface area contributed by atoms with E-state index < -0.39 is 0 Å². The Kier molecular flexibility index (Phi) is 2.76. The second-order valence-electron chi connectivity index (χ2n) is 4.71. The average molecular weight is 168 g/mol. The number of rotatable bonds is 3. The van der Waals surface area contributed by atoms with Gasteiger partial charge in [-0.15, -0.1) is 0 Å². The molecule has 0 unspecified atom stereocenters. The summed E-state index contributed by atoms with van der Waals surface area (Å²) in [7, 11) is 0. The summed E-state index contributed by atoms with van der Waals surface area (Å²) in [5, 5.41) is 0. The molecule has 0 aromatic carbocycles. The van der Waals surface area contributed by atoms with E-state index in [4.69, 9.17) is 0 Å². The lowest BCUT2D eigenvalue weighted by Gasteiger charge is -2.20. The average Bonchev–Trinajstić information content (AvgIpc) is 2.26. The molecule has 0 atom stereocenters. The second kappa shape index (κ2) is 3.46. The lowest BCUT2D eigenvalue weighted by molar-refractivity contribution is 0.356. The number of hydrogen-bond acceptors (Lipinski definition) is 2. The molecule has 0 saturated heterocycles. The maximum absolute atomic E-state index is 4.43. The zero-order chi connectivity index (χ0) is 9.19. The van der Waals surface area contributed by atoms with Crippen molar-refractivity contribution in [3.05, 3.63) is 0 Å². The van der Waals surface area contributed by atoms with E-state index in [9.17, 15) is 0 Å². The molecule has 0 bridgehead atoms. The molecular weight excluding hydrogens is 148 g/mol. The van der Waals surface area contributed by atoms with Crippen molar-refractivity contribution < 1.29 is 0 Å². The van der Waals surface area contributed by atoms with Gasteiger partial charge in [0.15, 0.2) is 0 Å². The van der Waals surface area contributed by atoms with Crippen molar-refractivity contribution in [2.45, 2.75) is 39.7 Å².